The number of nitrogens with one attached hydrogen (secondary N) is 5. The van der Waals surface area contributed by atoms with Gasteiger partial charge in [0.25, 0.3) is 0 Å². The molecule has 0 amide bonds. The van der Waals surface area contributed by atoms with E-state index in [-0.39, 0.29) is 11.6 Å². The number of anilines is 3. The van der Waals surface area contributed by atoms with Gasteiger partial charge >= 0.3 is 0 Å². The minimum absolute atomic E-state index is 0.129. The monoisotopic (exact) mass is 484 g/mol. The molecule has 4 aromatic rings. The van der Waals surface area contributed by atoms with E-state index in [2.05, 4.69) is 38.1 Å². The summed E-state index contributed by atoms with van der Waals surface area (Å²) < 4.78 is 1.46. The molecule has 5 rings (SSSR count). The van der Waals surface area contributed by atoms with E-state index in [1.807, 2.05) is 48.7 Å². The van der Waals surface area contributed by atoms with Crippen LogP contribution in [0.4, 0.5) is 17.1 Å². The Morgan fingerprint density at radius 2 is 1.97 bits per heavy atom. The van der Waals surface area contributed by atoms with E-state index in [0.717, 1.165) is 16.9 Å². The third kappa shape index (κ3) is 4.48. The van der Waals surface area contributed by atoms with Crippen LogP contribution >= 0.6 is 11.6 Å². The minimum Gasteiger partial charge on any atom is -0.373 e. The van der Waals surface area contributed by atoms with Gasteiger partial charge in [-0.1, -0.05) is 41.9 Å². The first-order valence-corrected chi connectivity index (χ1v) is 11.2. The van der Waals surface area contributed by atoms with Gasteiger partial charge in [0.2, 0.25) is 5.56 Å². The van der Waals surface area contributed by atoms with Crippen LogP contribution in [-0.4, -0.2) is 9.55 Å². The van der Waals surface area contributed by atoms with Crippen molar-refractivity contribution in [3.63, 3.8) is 0 Å². The summed E-state index contributed by atoms with van der Waals surface area (Å²) >= 11 is 6.65. The summed E-state index contributed by atoms with van der Waals surface area (Å²) in [5, 5.41) is 17.7. The standard InChI is InChI=1S/C25H21ClN8O/c1-34-14-17(7-8-22(34)35)30-23-16(11-27)12-28-25-19(23)9-18(10-20(25)26)31-24(21-13-29-33-32-21)15-5-3-2-4-6-15/h2-10,12-14,24,29,31-33H,1H3,(H,28,30)/t24-/m0/s1. The number of fused-ring (bicyclic) bond motifs is 1. The van der Waals surface area contributed by atoms with Crippen molar-refractivity contribution in [2.24, 2.45) is 7.05 Å². The number of nitrogens with zero attached hydrogens (tertiary/aromatic N) is 3. The Morgan fingerprint density at radius 3 is 2.69 bits per heavy atom. The lowest BCUT2D eigenvalue weighted by atomic mass is 10.0. The molecular formula is C25H21ClN8O. The topological polar surface area (TPSA) is 119 Å². The molecule has 0 saturated heterocycles. The largest absolute Gasteiger partial charge is 0.373 e. The number of hydrazine groups is 2. The van der Waals surface area contributed by atoms with Crippen LogP contribution in [0.25, 0.3) is 10.9 Å². The van der Waals surface area contributed by atoms with E-state index in [4.69, 9.17) is 11.6 Å². The molecule has 0 radical (unpaired) electrons. The highest BCUT2D eigenvalue weighted by atomic mass is 35.5. The fourth-order valence-corrected chi connectivity index (χ4v) is 4.21. The molecule has 5 N–H and O–H groups in total. The average Bonchev–Trinajstić information content (AvgIpc) is 3.40. The number of benzene rings is 2. The number of aryl methyl sites for hydroxylation is 1. The first-order chi connectivity index (χ1) is 17.0. The summed E-state index contributed by atoms with van der Waals surface area (Å²) in [4.78, 5) is 16.2. The summed E-state index contributed by atoms with van der Waals surface area (Å²) in [6, 6.07) is 18.8. The zero-order chi connectivity index (χ0) is 24.4. The van der Waals surface area contributed by atoms with Crippen molar-refractivity contribution in [1.82, 2.24) is 25.9 Å². The smallest absolute Gasteiger partial charge is 0.250 e. The van der Waals surface area contributed by atoms with Crippen molar-refractivity contribution in [3.8, 4) is 6.07 Å². The zero-order valence-corrected chi connectivity index (χ0v) is 19.4. The van der Waals surface area contributed by atoms with Gasteiger partial charge in [-0.2, -0.15) is 10.8 Å². The molecule has 0 spiro atoms. The van der Waals surface area contributed by atoms with Crippen LogP contribution in [-0.2, 0) is 7.05 Å². The SMILES string of the molecule is Cn1cc(Nc2c(C#N)cnc3c(Cl)cc(N[C@H](C4=CNNN4)c4ccccc4)cc23)ccc1=O. The number of pyridine rings is 2. The Bertz CT molecular complexity index is 1540. The lowest BCUT2D eigenvalue weighted by Gasteiger charge is -2.22. The highest BCUT2D eigenvalue weighted by molar-refractivity contribution is 6.36. The van der Waals surface area contributed by atoms with Crippen molar-refractivity contribution < 1.29 is 0 Å². The Hall–Kier alpha value is -4.52. The number of aromatic nitrogens is 2. The Morgan fingerprint density at radius 1 is 1.14 bits per heavy atom. The third-order valence-electron chi connectivity index (χ3n) is 5.66. The van der Waals surface area contributed by atoms with E-state index < -0.39 is 0 Å². The first kappa shape index (κ1) is 22.3. The van der Waals surface area contributed by atoms with E-state index in [0.29, 0.717) is 32.9 Å². The van der Waals surface area contributed by atoms with Gasteiger partial charge in [0, 0.05) is 42.8 Å². The molecule has 3 heterocycles. The lowest BCUT2D eigenvalue weighted by molar-refractivity contribution is 0.583. The van der Waals surface area contributed by atoms with E-state index >= 15 is 0 Å². The van der Waals surface area contributed by atoms with Crippen molar-refractivity contribution in [2.75, 3.05) is 10.6 Å². The predicted molar refractivity (Wildman–Crippen MR) is 137 cm³/mol. The third-order valence-corrected chi connectivity index (χ3v) is 5.95. The molecule has 0 saturated carbocycles. The number of hydrogen-bond acceptors (Lipinski definition) is 8. The van der Waals surface area contributed by atoms with Crippen molar-refractivity contribution in [1.29, 1.82) is 5.26 Å². The normalized spacial score (nSPS) is 13.3. The Kier molecular flexibility index (Phi) is 5.97. The first-order valence-electron chi connectivity index (χ1n) is 10.8. The molecule has 0 unspecified atom stereocenters. The predicted octanol–water partition coefficient (Wildman–Crippen LogP) is 3.81. The highest BCUT2D eigenvalue weighted by Crippen LogP contribution is 2.36. The maximum Gasteiger partial charge on any atom is 0.250 e. The fraction of sp³-hybridized carbons (Fsp3) is 0.0800. The molecule has 174 valence electrons. The Labute approximate surface area is 206 Å². The molecule has 0 bridgehead atoms. The van der Waals surface area contributed by atoms with E-state index in [1.54, 1.807) is 19.3 Å². The summed E-state index contributed by atoms with van der Waals surface area (Å²) in [5.41, 5.74) is 13.6. The maximum atomic E-state index is 11.8. The van der Waals surface area contributed by atoms with Crippen molar-refractivity contribution >= 4 is 39.6 Å². The Balaban J connectivity index is 1.60. The van der Waals surface area contributed by atoms with Gasteiger partial charge < -0.3 is 26.1 Å². The average molecular weight is 485 g/mol. The molecule has 1 aliphatic rings. The van der Waals surface area contributed by atoms with Crippen LogP contribution in [0.2, 0.25) is 5.02 Å². The van der Waals surface area contributed by atoms with Crippen LogP contribution in [0.5, 0.6) is 0 Å². The van der Waals surface area contributed by atoms with Crippen molar-refractivity contribution in [2.45, 2.75) is 6.04 Å². The fourth-order valence-electron chi connectivity index (χ4n) is 3.94. The van der Waals surface area contributed by atoms with E-state index in [9.17, 15) is 10.1 Å². The highest BCUT2D eigenvalue weighted by Gasteiger charge is 2.21. The summed E-state index contributed by atoms with van der Waals surface area (Å²) in [7, 11) is 1.67. The zero-order valence-electron chi connectivity index (χ0n) is 18.6. The minimum atomic E-state index is -0.209. The molecule has 2 aromatic carbocycles. The van der Waals surface area contributed by atoms with Crippen LogP contribution in [0.15, 0.2) is 83.7 Å². The number of halogens is 1. The second-order valence-electron chi connectivity index (χ2n) is 7.99. The summed E-state index contributed by atoms with van der Waals surface area (Å²) in [6.45, 7) is 0. The van der Waals surface area contributed by atoms with Gasteiger partial charge in [-0.25, -0.2) is 0 Å². The van der Waals surface area contributed by atoms with Crippen LogP contribution in [0.3, 0.4) is 0 Å². The number of hydrogen-bond donors (Lipinski definition) is 5. The molecule has 1 aliphatic heterocycles. The second-order valence-corrected chi connectivity index (χ2v) is 8.39. The summed E-state index contributed by atoms with van der Waals surface area (Å²) in [5.74, 6) is 0. The van der Waals surface area contributed by atoms with Gasteiger partial charge in [-0.05, 0) is 23.8 Å². The molecule has 10 heteroatoms. The van der Waals surface area contributed by atoms with Crippen LogP contribution in [0, 0.1) is 11.3 Å². The van der Waals surface area contributed by atoms with Crippen LogP contribution in [0.1, 0.15) is 17.2 Å². The van der Waals surface area contributed by atoms with Crippen LogP contribution < -0.4 is 32.6 Å². The number of nitriles is 1. The second kappa shape index (κ2) is 9.38. The molecule has 0 aliphatic carbocycles. The van der Waals surface area contributed by atoms with Gasteiger partial charge in [-0.3, -0.25) is 9.78 Å². The van der Waals surface area contributed by atoms with Gasteiger partial charge in [0.05, 0.1) is 39.2 Å². The number of rotatable bonds is 6. The maximum absolute atomic E-state index is 11.8. The quantitative estimate of drug-likeness (QED) is 0.280. The molecule has 1 atom stereocenters. The molecule has 0 fully saturated rings. The molecule has 35 heavy (non-hydrogen) atoms. The lowest BCUT2D eigenvalue weighted by Crippen LogP contribution is -2.33. The van der Waals surface area contributed by atoms with Gasteiger partial charge in [-0.15, -0.1) is 0 Å². The summed E-state index contributed by atoms with van der Waals surface area (Å²) in [6.07, 6.45) is 5.00. The molecule has 2 aromatic heterocycles. The molecular weight excluding hydrogens is 464 g/mol. The van der Waals surface area contributed by atoms with Gasteiger partial charge in [0.1, 0.15) is 6.07 Å². The van der Waals surface area contributed by atoms with Crippen molar-refractivity contribution in [3.05, 3.63) is 105 Å². The molecule has 9 nitrogen and oxygen atoms in total. The van der Waals surface area contributed by atoms with E-state index in [1.165, 1.54) is 16.8 Å². The van der Waals surface area contributed by atoms with Gasteiger partial charge in [0.15, 0.2) is 0 Å².